The summed E-state index contributed by atoms with van der Waals surface area (Å²) in [5.41, 5.74) is 5.80. The molecule has 4 amide bonds. The molecule has 0 radical (unpaired) electrons. The van der Waals surface area contributed by atoms with Crippen LogP contribution >= 0.6 is 0 Å². The van der Waals surface area contributed by atoms with E-state index < -0.39 is 35.4 Å². The van der Waals surface area contributed by atoms with Gasteiger partial charge in [-0.1, -0.05) is 13.8 Å². The summed E-state index contributed by atoms with van der Waals surface area (Å²) in [6.45, 7) is 4.17. The number of rotatable bonds is 6. The summed E-state index contributed by atoms with van der Waals surface area (Å²) in [4.78, 5) is 57.6. The smallest absolute Gasteiger partial charge is 0.246 e. The maximum Gasteiger partial charge on any atom is 0.246 e. The molecule has 10 nitrogen and oxygen atoms in total. The summed E-state index contributed by atoms with van der Waals surface area (Å²) < 4.78 is 0. The van der Waals surface area contributed by atoms with Crippen LogP contribution in [0.15, 0.2) is 12.5 Å². The number of hydrogen-bond acceptors (Lipinski definition) is 5. The zero-order chi connectivity index (χ0) is 20.5. The minimum Gasteiger partial charge on any atom is -0.368 e. The monoisotopic (exact) mass is 390 g/mol. The van der Waals surface area contributed by atoms with E-state index in [1.807, 2.05) is 13.8 Å². The van der Waals surface area contributed by atoms with E-state index in [4.69, 9.17) is 5.73 Å². The summed E-state index contributed by atoms with van der Waals surface area (Å²) in [5.74, 6) is -1.54. The number of hydrogen-bond donors (Lipinski definition) is 4. The Balaban J connectivity index is 1.79. The molecule has 3 unspecified atom stereocenters. The molecule has 2 fully saturated rings. The number of nitrogens with one attached hydrogen (secondary N) is 3. The van der Waals surface area contributed by atoms with Gasteiger partial charge in [0.2, 0.25) is 23.6 Å². The number of H-pyrrole nitrogens is 1. The van der Waals surface area contributed by atoms with Gasteiger partial charge in [0.1, 0.15) is 18.1 Å². The van der Waals surface area contributed by atoms with E-state index in [1.165, 1.54) is 11.2 Å². The zero-order valence-corrected chi connectivity index (χ0v) is 16.0. The van der Waals surface area contributed by atoms with E-state index in [-0.39, 0.29) is 24.7 Å². The standard InChI is InChI=1S/C18H26N6O4/c1-18(2)5-6-24(14(18)15(19)26)17(28)12(7-10-8-20-9-21-10)23-16(27)11-3-4-13(25)22-11/h8-9,11-12,14H,3-7H2,1-2H3,(H2,19,26)(H,20,21)(H,22,25)(H,23,27). The molecule has 152 valence electrons. The van der Waals surface area contributed by atoms with Crippen LogP contribution in [0.5, 0.6) is 0 Å². The van der Waals surface area contributed by atoms with E-state index >= 15 is 0 Å². The first-order chi connectivity index (χ1) is 13.2. The van der Waals surface area contributed by atoms with E-state index in [2.05, 4.69) is 20.6 Å². The Hall–Kier alpha value is -2.91. The third-order valence-electron chi connectivity index (χ3n) is 5.51. The van der Waals surface area contributed by atoms with Crippen molar-refractivity contribution >= 4 is 23.6 Å². The Kier molecular flexibility index (Phi) is 5.39. The first kappa shape index (κ1) is 19.8. The fraction of sp³-hybridized carbons (Fsp3) is 0.611. The number of primary amides is 1. The lowest BCUT2D eigenvalue weighted by Crippen LogP contribution is -2.57. The van der Waals surface area contributed by atoms with E-state index in [0.717, 1.165) is 0 Å². The topological polar surface area (TPSA) is 150 Å². The van der Waals surface area contributed by atoms with Crippen LogP contribution in [0.1, 0.15) is 38.8 Å². The predicted octanol–water partition coefficient (Wildman–Crippen LogP) is -1.17. The Morgan fingerprint density at radius 1 is 1.43 bits per heavy atom. The number of imidazole rings is 1. The molecule has 1 aromatic heterocycles. The molecule has 3 rings (SSSR count). The summed E-state index contributed by atoms with van der Waals surface area (Å²) in [5, 5.41) is 5.33. The highest BCUT2D eigenvalue weighted by atomic mass is 16.2. The second kappa shape index (κ2) is 7.61. The van der Waals surface area contributed by atoms with Crippen molar-refractivity contribution in [3.8, 4) is 0 Å². The van der Waals surface area contributed by atoms with Gasteiger partial charge in [-0.05, 0) is 18.3 Å². The Labute approximate surface area is 162 Å². The van der Waals surface area contributed by atoms with Crippen molar-refractivity contribution in [3.05, 3.63) is 18.2 Å². The van der Waals surface area contributed by atoms with E-state index in [9.17, 15) is 19.2 Å². The van der Waals surface area contributed by atoms with Crippen LogP contribution in [0, 0.1) is 5.41 Å². The number of likely N-dealkylation sites (tertiary alicyclic amines) is 1. The number of amides is 4. The molecule has 0 spiro atoms. The van der Waals surface area contributed by atoms with Gasteiger partial charge in [0, 0.05) is 31.3 Å². The molecule has 2 saturated heterocycles. The normalized spacial score (nSPS) is 24.6. The number of carbonyl (C=O) groups is 4. The Bertz CT molecular complexity index is 775. The van der Waals surface area contributed by atoms with Gasteiger partial charge in [-0.2, -0.15) is 0 Å². The van der Waals surface area contributed by atoms with Gasteiger partial charge in [0.15, 0.2) is 0 Å². The van der Waals surface area contributed by atoms with Gasteiger partial charge in [0.05, 0.1) is 6.33 Å². The molecule has 0 bridgehead atoms. The number of aromatic amines is 1. The van der Waals surface area contributed by atoms with Crippen LogP contribution in [0.2, 0.25) is 0 Å². The second-order valence-corrected chi connectivity index (χ2v) is 8.08. The highest BCUT2D eigenvalue weighted by Crippen LogP contribution is 2.36. The molecular formula is C18H26N6O4. The van der Waals surface area contributed by atoms with Crippen molar-refractivity contribution in [2.75, 3.05) is 6.54 Å². The number of nitrogens with two attached hydrogens (primary N) is 1. The first-order valence-corrected chi connectivity index (χ1v) is 9.36. The fourth-order valence-electron chi connectivity index (χ4n) is 3.97. The molecule has 5 N–H and O–H groups in total. The van der Waals surface area contributed by atoms with Gasteiger partial charge < -0.3 is 26.3 Å². The summed E-state index contributed by atoms with van der Waals surface area (Å²) in [6.07, 6.45) is 4.55. The first-order valence-electron chi connectivity index (χ1n) is 9.36. The zero-order valence-electron chi connectivity index (χ0n) is 16.0. The van der Waals surface area contributed by atoms with Crippen LogP contribution in [0.3, 0.4) is 0 Å². The Morgan fingerprint density at radius 3 is 2.75 bits per heavy atom. The molecule has 3 heterocycles. The maximum absolute atomic E-state index is 13.3. The molecule has 10 heteroatoms. The lowest BCUT2D eigenvalue weighted by Gasteiger charge is -2.32. The third kappa shape index (κ3) is 4.00. The molecule has 1 aromatic rings. The molecule has 28 heavy (non-hydrogen) atoms. The fourth-order valence-corrected chi connectivity index (χ4v) is 3.97. The molecule has 0 aliphatic carbocycles. The highest BCUT2D eigenvalue weighted by Gasteiger charge is 2.47. The van der Waals surface area contributed by atoms with Crippen molar-refractivity contribution in [2.24, 2.45) is 11.1 Å². The van der Waals surface area contributed by atoms with Crippen LogP contribution in [-0.4, -0.2) is 63.2 Å². The lowest BCUT2D eigenvalue weighted by atomic mass is 9.84. The minimum absolute atomic E-state index is 0.188. The van der Waals surface area contributed by atoms with Crippen LogP contribution in [0.4, 0.5) is 0 Å². The summed E-state index contributed by atoms with van der Waals surface area (Å²) in [7, 11) is 0. The largest absolute Gasteiger partial charge is 0.368 e. The van der Waals surface area contributed by atoms with E-state index in [0.29, 0.717) is 25.1 Å². The molecule has 3 atom stereocenters. The Morgan fingerprint density at radius 2 is 2.18 bits per heavy atom. The summed E-state index contributed by atoms with van der Waals surface area (Å²) in [6, 6.07) is -2.31. The molecular weight excluding hydrogens is 364 g/mol. The van der Waals surface area contributed by atoms with Gasteiger partial charge in [-0.3, -0.25) is 19.2 Å². The minimum atomic E-state index is -0.902. The van der Waals surface area contributed by atoms with Crippen LogP contribution in [0.25, 0.3) is 0 Å². The van der Waals surface area contributed by atoms with Gasteiger partial charge in [0.25, 0.3) is 0 Å². The number of nitrogens with zero attached hydrogens (tertiary/aromatic N) is 2. The SMILES string of the molecule is CC1(C)CCN(C(=O)C(Cc2cnc[nH]2)NC(=O)C2CCC(=O)N2)C1C(N)=O. The van der Waals surface area contributed by atoms with Gasteiger partial charge in [-0.15, -0.1) is 0 Å². The van der Waals surface area contributed by atoms with E-state index in [1.54, 1.807) is 6.20 Å². The quantitative estimate of drug-likeness (QED) is 0.482. The van der Waals surface area contributed by atoms with Crippen LogP contribution in [-0.2, 0) is 25.6 Å². The van der Waals surface area contributed by atoms with Gasteiger partial charge >= 0.3 is 0 Å². The van der Waals surface area contributed by atoms with Crippen molar-refractivity contribution in [1.82, 2.24) is 25.5 Å². The number of aromatic nitrogens is 2. The summed E-state index contributed by atoms with van der Waals surface area (Å²) >= 11 is 0. The van der Waals surface area contributed by atoms with Crippen molar-refractivity contribution < 1.29 is 19.2 Å². The highest BCUT2D eigenvalue weighted by molar-refractivity contribution is 5.95. The van der Waals surface area contributed by atoms with Gasteiger partial charge in [-0.25, -0.2) is 4.98 Å². The molecule has 0 aromatic carbocycles. The second-order valence-electron chi connectivity index (χ2n) is 8.08. The molecule has 2 aliphatic heterocycles. The molecule has 0 saturated carbocycles. The third-order valence-corrected chi connectivity index (χ3v) is 5.51. The van der Waals surface area contributed by atoms with Crippen molar-refractivity contribution in [3.63, 3.8) is 0 Å². The average Bonchev–Trinajstić information content (AvgIpc) is 3.33. The average molecular weight is 390 g/mol. The number of carbonyl (C=O) groups excluding carboxylic acids is 4. The maximum atomic E-state index is 13.3. The predicted molar refractivity (Wildman–Crippen MR) is 98.5 cm³/mol. The van der Waals surface area contributed by atoms with Crippen molar-refractivity contribution in [1.29, 1.82) is 0 Å². The molecule has 2 aliphatic rings. The lowest BCUT2D eigenvalue weighted by molar-refractivity contribution is -0.142. The van der Waals surface area contributed by atoms with Crippen molar-refractivity contribution in [2.45, 2.75) is 57.7 Å². The van der Waals surface area contributed by atoms with Crippen LogP contribution < -0.4 is 16.4 Å².